The highest BCUT2D eigenvalue weighted by Crippen LogP contribution is 2.43. The zero-order valence-electron chi connectivity index (χ0n) is 44.0. The van der Waals surface area contributed by atoms with Crippen LogP contribution in [-0.4, -0.2) is 27.6 Å². The molecule has 9 heteroatoms. The van der Waals surface area contributed by atoms with E-state index < -0.39 is 8.07 Å². The van der Waals surface area contributed by atoms with Crippen LogP contribution in [0.2, 0.25) is 0 Å². The molecule has 0 N–H and O–H groups in total. The summed E-state index contributed by atoms with van der Waals surface area (Å²) in [6.45, 7) is 31.6. The molecule has 0 aliphatic heterocycles. The second kappa shape index (κ2) is 21.3. The zero-order chi connectivity index (χ0) is 55.6. The van der Waals surface area contributed by atoms with Crippen LogP contribution in [0.25, 0.3) is 114 Å². The molecule has 0 amide bonds. The van der Waals surface area contributed by atoms with Gasteiger partial charge < -0.3 is 4.57 Å². The van der Waals surface area contributed by atoms with Crippen molar-refractivity contribution in [2.24, 2.45) is 0 Å². The number of rotatable bonds is 11. The summed E-state index contributed by atoms with van der Waals surface area (Å²) in [4.78, 5) is 30.8. The fraction of sp³-hybridized carbons (Fsp3) is 0. The Kier molecular flexibility index (Phi) is 13.0. The lowest BCUT2D eigenvalue weighted by molar-refractivity contribution is 1.07. The van der Waals surface area contributed by atoms with Gasteiger partial charge in [-0.2, -0.15) is 0 Å². The molecule has 0 fully saturated rings. The quantitative estimate of drug-likeness (QED) is 0.0737. The van der Waals surface area contributed by atoms with E-state index >= 15 is 0 Å². The number of benzene rings is 11. The Balaban J connectivity index is 1.09. The molecular formula is C73H44N8Si. The third-order valence-electron chi connectivity index (χ3n) is 15.3. The average Bonchev–Trinajstić information content (AvgIpc) is 2.65. The van der Waals surface area contributed by atoms with Crippen molar-refractivity contribution in [3.05, 3.63) is 313 Å². The number of fused-ring (bicyclic) bond motifs is 3. The van der Waals surface area contributed by atoms with Crippen LogP contribution in [0.1, 0.15) is 0 Å². The molecule has 0 atom stereocenters. The molecule has 0 radical (unpaired) electrons. The van der Waals surface area contributed by atoms with Gasteiger partial charge in [0.25, 0.3) is 0 Å². The fourth-order valence-corrected chi connectivity index (χ4v) is 16.3. The van der Waals surface area contributed by atoms with Crippen LogP contribution < -0.4 is 20.7 Å². The van der Waals surface area contributed by atoms with Crippen LogP contribution in [0.5, 0.6) is 0 Å². The van der Waals surface area contributed by atoms with E-state index in [9.17, 15) is 0 Å². The molecule has 13 aromatic rings. The zero-order valence-corrected chi connectivity index (χ0v) is 45.0. The fourth-order valence-electron chi connectivity index (χ4n) is 11.5. The summed E-state index contributed by atoms with van der Waals surface area (Å²) in [6, 6.07) is 91.4. The first-order valence-electron chi connectivity index (χ1n) is 26.6. The van der Waals surface area contributed by atoms with E-state index in [0.717, 1.165) is 77.6 Å². The first kappa shape index (κ1) is 49.9. The van der Waals surface area contributed by atoms with Gasteiger partial charge in [-0.1, -0.05) is 231 Å². The van der Waals surface area contributed by atoms with E-state index in [0.29, 0.717) is 40.2 Å². The molecule has 2 aromatic heterocycles. The first-order valence-corrected chi connectivity index (χ1v) is 28.6. The maximum atomic E-state index is 8.13. The standard InChI is InChI=1S/C73H44N8Si/c1-74-54-35-38-62(67(46-54)76-3)52-33-41-69-64(44-52)65-45-53(63-39-36-55(75-2)47-68(63)77-4)34-42-70(65)81(69)56-37-40-61(66(48-56)73-79-71(49-21-10-5-11-22-49)78-72(80-73)50-23-12-6-13-24-50)51-25-20-32-60(43-51)82(57-26-14-7-15-27-57,58-28-16-8-17-29-58)59-30-18-9-19-31-59/h5-48H. The minimum atomic E-state index is -2.97. The van der Waals surface area contributed by atoms with Crippen molar-refractivity contribution in [2.45, 2.75) is 0 Å². The second-order valence-electron chi connectivity index (χ2n) is 19.8. The van der Waals surface area contributed by atoms with Crippen LogP contribution in [0.15, 0.2) is 267 Å². The Bertz CT molecular complexity index is 4500. The Morgan fingerprint density at radius 3 is 1.15 bits per heavy atom. The van der Waals surface area contributed by atoms with Gasteiger partial charge in [0, 0.05) is 33.2 Å². The Morgan fingerprint density at radius 2 is 0.695 bits per heavy atom. The molecule has 0 aliphatic carbocycles. The van der Waals surface area contributed by atoms with Crippen molar-refractivity contribution in [3.8, 4) is 73.2 Å². The molecule has 11 aromatic carbocycles. The van der Waals surface area contributed by atoms with Crippen molar-refractivity contribution in [1.29, 1.82) is 0 Å². The number of nitrogens with zero attached hydrogens (tertiary/aromatic N) is 8. The summed E-state index contributed by atoms with van der Waals surface area (Å²) in [5.41, 5.74) is 11.8. The molecular weight excluding hydrogens is 1020 g/mol. The number of hydrogen-bond donors (Lipinski definition) is 0. The van der Waals surface area contributed by atoms with Gasteiger partial charge in [0.15, 0.2) is 48.3 Å². The van der Waals surface area contributed by atoms with Gasteiger partial charge in [-0.25, -0.2) is 34.3 Å². The molecule has 0 saturated carbocycles. The summed E-state index contributed by atoms with van der Waals surface area (Å²) in [5, 5.41) is 6.87. The van der Waals surface area contributed by atoms with Crippen LogP contribution in [0.4, 0.5) is 22.7 Å². The summed E-state index contributed by atoms with van der Waals surface area (Å²) >= 11 is 0. The molecule has 0 bridgehead atoms. The summed E-state index contributed by atoms with van der Waals surface area (Å²) in [6.07, 6.45) is 0. The van der Waals surface area contributed by atoms with Gasteiger partial charge in [-0.3, -0.25) is 0 Å². The van der Waals surface area contributed by atoms with Gasteiger partial charge in [0.2, 0.25) is 0 Å². The highest BCUT2D eigenvalue weighted by Gasteiger charge is 2.41. The molecule has 0 unspecified atom stereocenters. The largest absolute Gasteiger partial charge is 0.309 e. The highest BCUT2D eigenvalue weighted by molar-refractivity contribution is 7.19. The molecule has 0 saturated heterocycles. The molecule has 0 spiro atoms. The van der Waals surface area contributed by atoms with E-state index in [1.165, 1.54) is 20.7 Å². The first-order chi connectivity index (χ1) is 40.4. The van der Waals surface area contributed by atoms with Crippen molar-refractivity contribution >= 4 is 73.4 Å². The summed E-state index contributed by atoms with van der Waals surface area (Å²) < 4.78 is 2.26. The van der Waals surface area contributed by atoms with Gasteiger partial charge in [-0.05, 0) is 90.5 Å². The Morgan fingerprint density at radius 1 is 0.293 bits per heavy atom. The van der Waals surface area contributed by atoms with Gasteiger partial charge in [-0.15, -0.1) is 0 Å². The predicted octanol–water partition coefficient (Wildman–Crippen LogP) is 16.6. The van der Waals surface area contributed by atoms with Crippen LogP contribution in [0.3, 0.4) is 0 Å². The third kappa shape index (κ3) is 8.85. The topological polar surface area (TPSA) is 61.0 Å². The van der Waals surface area contributed by atoms with E-state index in [1.54, 1.807) is 24.3 Å². The average molecular weight is 1060 g/mol. The highest BCUT2D eigenvalue weighted by atomic mass is 28.3. The second-order valence-corrected chi connectivity index (χ2v) is 23.7. The molecule has 82 heavy (non-hydrogen) atoms. The normalized spacial score (nSPS) is 11.1. The van der Waals surface area contributed by atoms with E-state index in [2.05, 4.69) is 182 Å². The third-order valence-corrected chi connectivity index (χ3v) is 20.1. The summed E-state index contributed by atoms with van der Waals surface area (Å²) in [5.74, 6) is 1.59. The number of aromatic nitrogens is 4. The van der Waals surface area contributed by atoms with E-state index in [4.69, 9.17) is 41.2 Å². The van der Waals surface area contributed by atoms with Crippen molar-refractivity contribution in [3.63, 3.8) is 0 Å². The smallest absolute Gasteiger partial charge is 0.184 e. The lowest BCUT2D eigenvalue weighted by atomic mass is 9.98. The van der Waals surface area contributed by atoms with Crippen molar-refractivity contribution in [1.82, 2.24) is 19.5 Å². The Labute approximate surface area is 476 Å². The lowest BCUT2D eigenvalue weighted by Crippen LogP contribution is -2.74. The monoisotopic (exact) mass is 1060 g/mol. The molecule has 380 valence electrons. The minimum absolute atomic E-state index is 0.390. The van der Waals surface area contributed by atoms with Crippen molar-refractivity contribution < 1.29 is 0 Å². The summed E-state index contributed by atoms with van der Waals surface area (Å²) in [7, 11) is -2.97. The van der Waals surface area contributed by atoms with Crippen molar-refractivity contribution in [2.75, 3.05) is 0 Å². The van der Waals surface area contributed by atoms with Crippen LogP contribution in [-0.2, 0) is 0 Å². The molecule has 13 rings (SSSR count). The molecule has 2 heterocycles. The SMILES string of the molecule is [C-]#[N+]c1ccc(-c2ccc3c(c2)c2cc(-c4ccc([N+]#[C-])cc4[N+]#[C-])ccc2n3-c2ccc(-c3cccc([Si](c4ccccc4)(c4ccccc4)c4ccccc4)c3)c(-c3nc(-c4ccccc4)nc(-c4ccccc4)n3)c2)c([N+]#[C-])c1. The Hall–Kier alpha value is -11.6. The van der Waals surface area contributed by atoms with Crippen LogP contribution >= 0.6 is 0 Å². The molecule has 8 nitrogen and oxygen atoms in total. The van der Waals surface area contributed by atoms with Gasteiger partial charge in [0.1, 0.15) is 0 Å². The molecule has 0 aliphatic rings. The maximum Gasteiger partial charge on any atom is 0.184 e. The number of hydrogen-bond acceptors (Lipinski definition) is 3. The van der Waals surface area contributed by atoms with E-state index in [1.807, 2.05) is 84.9 Å². The van der Waals surface area contributed by atoms with Gasteiger partial charge in [0.05, 0.1) is 37.3 Å². The predicted molar refractivity (Wildman–Crippen MR) is 335 cm³/mol. The van der Waals surface area contributed by atoms with E-state index in [-0.39, 0.29) is 0 Å². The lowest BCUT2D eigenvalue weighted by Gasteiger charge is -2.34. The maximum absolute atomic E-state index is 8.13. The van der Waals surface area contributed by atoms with Gasteiger partial charge >= 0.3 is 0 Å². The minimum Gasteiger partial charge on any atom is -0.309 e. The van der Waals surface area contributed by atoms with Crippen LogP contribution in [0, 0.1) is 26.3 Å².